The Balaban J connectivity index is 2.53. The summed E-state index contributed by atoms with van der Waals surface area (Å²) in [7, 11) is 9.79. The molecule has 118 valence electrons. The molecule has 0 amide bonds. The van der Waals surface area contributed by atoms with Crippen LogP contribution in [0, 0.1) is 5.82 Å². The van der Waals surface area contributed by atoms with E-state index in [1.54, 1.807) is 13.2 Å². The Morgan fingerprint density at radius 2 is 1.50 bits per heavy atom. The highest BCUT2D eigenvalue weighted by Gasteiger charge is 2.12. The van der Waals surface area contributed by atoms with Gasteiger partial charge in [-0.15, -0.1) is 27.7 Å². The van der Waals surface area contributed by atoms with Crippen molar-refractivity contribution in [2.24, 2.45) is 0 Å². The Morgan fingerprint density at radius 1 is 0.864 bits per heavy atom. The summed E-state index contributed by atoms with van der Waals surface area (Å²) in [4.78, 5) is 0. The summed E-state index contributed by atoms with van der Waals surface area (Å²) in [5.74, 6) is -0.165. The van der Waals surface area contributed by atoms with Crippen LogP contribution in [0.2, 0.25) is 0 Å². The topological polar surface area (TPSA) is 9.23 Å². The molecule has 0 heterocycles. The van der Waals surface area contributed by atoms with Gasteiger partial charge in [0, 0.05) is 12.7 Å². The standard InChI is InChI=1S/C17H22FOP3/c1-19-7-13-4-11(2-3-12(13)8-20)16-5-14(9-21)15(10-22)6-17(16)18/h2-6H,7-10,20-22H2,1H3. The molecule has 0 fully saturated rings. The van der Waals surface area contributed by atoms with E-state index in [1.807, 2.05) is 18.2 Å². The molecule has 0 spiro atoms. The average Bonchev–Trinajstić information content (AvgIpc) is 2.54. The molecule has 2 aromatic carbocycles. The Hall–Kier alpha value is -0.380. The van der Waals surface area contributed by atoms with Crippen molar-refractivity contribution in [1.29, 1.82) is 0 Å². The third kappa shape index (κ3) is 3.93. The highest BCUT2D eigenvalue weighted by atomic mass is 31.0. The van der Waals surface area contributed by atoms with Crippen LogP contribution in [0.25, 0.3) is 11.1 Å². The van der Waals surface area contributed by atoms with E-state index in [9.17, 15) is 4.39 Å². The molecule has 0 N–H and O–H groups in total. The highest BCUT2D eigenvalue weighted by molar-refractivity contribution is 7.16. The molecule has 0 aliphatic carbocycles. The lowest BCUT2D eigenvalue weighted by molar-refractivity contribution is 0.184. The number of hydrogen-bond acceptors (Lipinski definition) is 1. The monoisotopic (exact) mass is 354 g/mol. The SMILES string of the molecule is COCc1cc(-c2cc(CP)c(CP)cc2F)ccc1CP. The lowest BCUT2D eigenvalue weighted by Crippen LogP contribution is -1.97. The van der Waals surface area contributed by atoms with E-state index in [0.29, 0.717) is 12.2 Å². The molecule has 2 rings (SSSR count). The molecule has 22 heavy (non-hydrogen) atoms. The van der Waals surface area contributed by atoms with E-state index in [2.05, 4.69) is 33.8 Å². The van der Waals surface area contributed by atoms with Crippen molar-refractivity contribution >= 4 is 27.7 Å². The second kappa shape index (κ2) is 8.47. The molecule has 0 aliphatic rings. The number of rotatable bonds is 6. The molecule has 1 nitrogen and oxygen atoms in total. The van der Waals surface area contributed by atoms with Gasteiger partial charge in [-0.25, -0.2) is 4.39 Å². The summed E-state index contributed by atoms with van der Waals surface area (Å²) in [5, 5.41) is 0. The van der Waals surface area contributed by atoms with Crippen molar-refractivity contribution in [1.82, 2.24) is 0 Å². The van der Waals surface area contributed by atoms with Gasteiger partial charge in [0.1, 0.15) is 5.82 Å². The second-order valence-electron chi connectivity index (χ2n) is 5.13. The predicted octanol–water partition coefficient (Wildman–Crippen LogP) is 4.76. The van der Waals surface area contributed by atoms with Gasteiger partial charge < -0.3 is 4.74 Å². The maximum absolute atomic E-state index is 14.5. The zero-order valence-electron chi connectivity index (χ0n) is 12.7. The van der Waals surface area contributed by atoms with Crippen LogP contribution in [-0.2, 0) is 29.8 Å². The van der Waals surface area contributed by atoms with Crippen molar-refractivity contribution in [2.45, 2.75) is 25.1 Å². The van der Waals surface area contributed by atoms with Crippen LogP contribution < -0.4 is 0 Å². The van der Waals surface area contributed by atoms with Crippen molar-refractivity contribution in [3.63, 3.8) is 0 Å². The quantitative estimate of drug-likeness (QED) is 0.680. The van der Waals surface area contributed by atoms with Gasteiger partial charge in [0.15, 0.2) is 0 Å². The van der Waals surface area contributed by atoms with Crippen LogP contribution in [0.1, 0.15) is 22.3 Å². The number of halogens is 1. The predicted molar refractivity (Wildman–Crippen MR) is 103 cm³/mol. The van der Waals surface area contributed by atoms with Gasteiger partial charge in [-0.2, -0.15) is 0 Å². The molecule has 3 atom stereocenters. The molecule has 0 aliphatic heterocycles. The Bertz CT molecular complexity index is 659. The first-order valence-electron chi connectivity index (χ1n) is 7.17. The molecule has 0 bridgehead atoms. The number of methoxy groups -OCH3 is 1. The van der Waals surface area contributed by atoms with Crippen LogP contribution >= 0.6 is 27.7 Å². The molecule has 5 heteroatoms. The van der Waals surface area contributed by atoms with Gasteiger partial charge in [-0.05, 0) is 64.5 Å². The Kier molecular flexibility index (Phi) is 6.91. The number of ether oxygens (including phenoxy) is 1. The molecule has 0 aromatic heterocycles. The molecule has 0 radical (unpaired) electrons. The summed E-state index contributed by atoms with van der Waals surface area (Å²) in [6.45, 7) is 0.541. The summed E-state index contributed by atoms with van der Waals surface area (Å²) < 4.78 is 19.8. The van der Waals surface area contributed by atoms with Crippen LogP contribution in [0.5, 0.6) is 0 Å². The summed E-state index contributed by atoms with van der Waals surface area (Å²) >= 11 is 0. The van der Waals surface area contributed by atoms with Gasteiger partial charge in [0.2, 0.25) is 0 Å². The van der Waals surface area contributed by atoms with Crippen molar-refractivity contribution in [3.8, 4) is 11.1 Å². The van der Waals surface area contributed by atoms with E-state index < -0.39 is 0 Å². The maximum atomic E-state index is 14.5. The number of hydrogen-bond donors (Lipinski definition) is 0. The minimum atomic E-state index is -0.165. The van der Waals surface area contributed by atoms with Crippen LogP contribution in [0.15, 0.2) is 30.3 Å². The van der Waals surface area contributed by atoms with E-state index in [1.165, 1.54) is 11.1 Å². The smallest absolute Gasteiger partial charge is 0.131 e. The average molecular weight is 354 g/mol. The van der Waals surface area contributed by atoms with E-state index in [-0.39, 0.29) is 5.82 Å². The minimum Gasteiger partial charge on any atom is -0.380 e. The van der Waals surface area contributed by atoms with Gasteiger partial charge in [0.25, 0.3) is 0 Å². The normalized spacial score (nSPS) is 11.0. The van der Waals surface area contributed by atoms with E-state index >= 15 is 0 Å². The van der Waals surface area contributed by atoms with Crippen molar-refractivity contribution < 1.29 is 9.13 Å². The third-order valence-corrected chi connectivity index (χ3v) is 5.09. The number of benzene rings is 2. The largest absolute Gasteiger partial charge is 0.380 e. The first-order chi connectivity index (χ1) is 10.6. The van der Waals surface area contributed by atoms with Gasteiger partial charge in [-0.3, -0.25) is 0 Å². The lowest BCUT2D eigenvalue weighted by Gasteiger charge is -2.13. The van der Waals surface area contributed by atoms with Crippen LogP contribution in [-0.4, -0.2) is 7.11 Å². The van der Waals surface area contributed by atoms with Gasteiger partial charge >= 0.3 is 0 Å². The minimum absolute atomic E-state index is 0.165. The van der Waals surface area contributed by atoms with Gasteiger partial charge in [-0.1, -0.05) is 12.1 Å². The van der Waals surface area contributed by atoms with Crippen molar-refractivity contribution in [3.05, 3.63) is 58.4 Å². The molecular formula is C17H22FOP3. The van der Waals surface area contributed by atoms with E-state index in [0.717, 1.165) is 35.2 Å². The lowest BCUT2D eigenvalue weighted by atomic mass is 9.96. The molecule has 3 unspecified atom stereocenters. The fraction of sp³-hybridized carbons (Fsp3) is 0.294. The Morgan fingerprint density at radius 3 is 2.09 bits per heavy atom. The van der Waals surface area contributed by atoms with E-state index in [4.69, 9.17) is 4.74 Å². The highest BCUT2D eigenvalue weighted by Crippen LogP contribution is 2.30. The van der Waals surface area contributed by atoms with Gasteiger partial charge in [0.05, 0.1) is 6.61 Å². The zero-order chi connectivity index (χ0) is 16.1. The van der Waals surface area contributed by atoms with Crippen LogP contribution in [0.3, 0.4) is 0 Å². The molecular weight excluding hydrogens is 332 g/mol. The maximum Gasteiger partial charge on any atom is 0.131 e. The summed E-state index contributed by atoms with van der Waals surface area (Å²) in [6.07, 6.45) is 2.46. The fourth-order valence-electron chi connectivity index (χ4n) is 2.54. The molecule has 0 saturated carbocycles. The summed E-state index contributed by atoms with van der Waals surface area (Å²) in [6, 6.07) is 9.70. The first kappa shape index (κ1) is 18.0. The fourth-order valence-corrected chi connectivity index (χ4v) is 3.70. The van der Waals surface area contributed by atoms with Crippen molar-refractivity contribution in [2.75, 3.05) is 7.11 Å². The Labute approximate surface area is 139 Å². The molecule has 0 saturated heterocycles. The second-order valence-corrected chi connectivity index (χ2v) is 6.35. The summed E-state index contributed by atoms with van der Waals surface area (Å²) in [5.41, 5.74) is 6.09. The molecule has 2 aromatic rings. The first-order valence-corrected chi connectivity index (χ1v) is 9.62. The third-order valence-electron chi connectivity index (χ3n) is 3.77. The zero-order valence-corrected chi connectivity index (χ0v) is 16.2. The van der Waals surface area contributed by atoms with Crippen LogP contribution in [0.4, 0.5) is 4.39 Å².